The molecule has 8 heteroatoms. The second kappa shape index (κ2) is 6.11. The molecule has 1 aromatic carbocycles. The van der Waals surface area contributed by atoms with Crippen molar-refractivity contribution >= 4 is 46.7 Å². The molecule has 1 unspecified atom stereocenters. The van der Waals surface area contributed by atoms with Crippen LogP contribution in [0.15, 0.2) is 18.2 Å². The molecular weight excluding hydrogens is 305 g/mol. The Hall–Kier alpha value is -1.79. The van der Waals surface area contributed by atoms with Crippen LogP contribution in [0.5, 0.6) is 0 Å². The molecule has 3 N–H and O–H groups in total. The molecule has 1 aliphatic rings. The van der Waals surface area contributed by atoms with E-state index in [1.54, 1.807) is 12.1 Å². The molecule has 1 fully saturated rings. The number of amides is 4. The monoisotopic (exact) mass is 315 g/mol. The van der Waals surface area contributed by atoms with Crippen molar-refractivity contribution in [3.8, 4) is 0 Å². The number of imide groups is 1. The fraction of sp³-hybridized carbons (Fsp3) is 0.250. The van der Waals surface area contributed by atoms with Gasteiger partial charge in [-0.3, -0.25) is 14.9 Å². The Bertz CT molecular complexity index is 577. The van der Waals surface area contributed by atoms with Crippen LogP contribution >= 0.6 is 23.2 Å². The summed E-state index contributed by atoms with van der Waals surface area (Å²) in [7, 11) is 0. The Morgan fingerprint density at radius 3 is 2.75 bits per heavy atom. The molecule has 0 spiro atoms. The highest BCUT2D eigenvalue weighted by Gasteiger charge is 2.27. The van der Waals surface area contributed by atoms with Crippen LogP contribution in [0, 0.1) is 0 Å². The van der Waals surface area contributed by atoms with Crippen LogP contribution in [-0.2, 0) is 9.59 Å². The van der Waals surface area contributed by atoms with E-state index in [1.807, 2.05) is 0 Å². The van der Waals surface area contributed by atoms with Crippen molar-refractivity contribution in [2.45, 2.75) is 18.9 Å². The van der Waals surface area contributed by atoms with E-state index in [-0.39, 0.29) is 18.7 Å². The fourth-order valence-corrected chi connectivity index (χ4v) is 2.08. The predicted octanol–water partition coefficient (Wildman–Crippen LogP) is 1.92. The first-order valence-electron chi connectivity index (χ1n) is 5.82. The van der Waals surface area contributed by atoms with Crippen LogP contribution in [-0.4, -0.2) is 23.9 Å². The van der Waals surface area contributed by atoms with Gasteiger partial charge in [-0.1, -0.05) is 23.2 Å². The quantitative estimate of drug-likeness (QED) is 0.729. The van der Waals surface area contributed by atoms with Crippen LogP contribution in [0.2, 0.25) is 10.0 Å². The van der Waals surface area contributed by atoms with Gasteiger partial charge in [-0.05, 0) is 24.6 Å². The molecule has 0 aromatic heterocycles. The maximum Gasteiger partial charge on any atom is 0.319 e. The highest BCUT2D eigenvalue weighted by atomic mass is 35.5. The fourth-order valence-electron chi connectivity index (χ4n) is 1.74. The van der Waals surface area contributed by atoms with Gasteiger partial charge in [-0.25, -0.2) is 4.79 Å². The largest absolute Gasteiger partial charge is 0.326 e. The van der Waals surface area contributed by atoms with Crippen molar-refractivity contribution in [2.75, 3.05) is 5.32 Å². The molecule has 0 radical (unpaired) electrons. The molecule has 1 atom stereocenters. The smallest absolute Gasteiger partial charge is 0.319 e. The summed E-state index contributed by atoms with van der Waals surface area (Å²) in [6.45, 7) is 0. The first-order chi connectivity index (χ1) is 9.45. The van der Waals surface area contributed by atoms with Gasteiger partial charge in [0.1, 0.15) is 6.04 Å². The topological polar surface area (TPSA) is 87.3 Å². The van der Waals surface area contributed by atoms with Gasteiger partial charge in [0.15, 0.2) is 0 Å². The molecule has 0 saturated carbocycles. The normalized spacial score (nSPS) is 18.4. The Kier molecular flexibility index (Phi) is 4.46. The summed E-state index contributed by atoms with van der Waals surface area (Å²) >= 11 is 11.7. The number of carbonyl (C=O) groups excluding carboxylic acids is 3. The van der Waals surface area contributed by atoms with Gasteiger partial charge in [-0.2, -0.15) is 0 Å². The predicted molar refractivity (Wildman–Crippen MR) is 74.8 cm³/mol. The summed E-state index contributed by atoms with van der Waals surface area (Å²) in [4.78, 5) is 34.3. The van der Waals surface area contributed by atoms with Crippen LogP contribution in [0.3, 0.4) is 0 Å². The summed E-state index contributed by atoms with van der Waals surface area (Å²) in [5.74, 6) is -0.861. The number of hydrogen-bond acceptors (Lipinski definition) is 3. The minimum Gasteiger partial charge on any atom is -0.326 e. The number of carbonyl (C=O) groups is 3. The van der Waals surface area contributed by atoms with Crippen LogP contribution in [0.1, 0.15) is 12.8 Å². The SMILES string of the molecule is O=C1CCC(NC(=O)Nc2cc(Cl)ccc2Cl)C(=O)N1. The third-order valence-corrected chi connectivity index (χ3v) is 3.29. The number of anilines is 1. The van der Waals surface area contributed by atoms with Gasteiger partial charge < -0.3 is 10.6 Å². The number of piperidine rings is 1. The average molecular weight is 316 g/mol. The highest BCUT2D eigenvalue weighted by molar-refractivity contribution is 6.35. The van der Waals surface area contributed by atoms with Gasteiger partial charge in [0.25, 0.3) is 0 Å². The van der Waals surface area contributed by atoms with Crippen molar-refractivity contribution in [2.24, 2.45) is 0 Å². The zero-order chi connectivity index (χ0) is 14.7. The number of nitrogens with one attached hydrogen (secondary N) is 3. The minimum atomic E-state index is -0.745. The second-order valence-corrected chi connectivity index (χ2v) is 5.07. The van der Waals surface area contributed by atoms with Crippen molar-refractivity contribution in [3.05, 3.63) is 28.2 Å². The molecule has 1 aliphatic heterocycles. The standard InChI is InChI=1S/C12H11Cl2N3O3/c13-6-1-2-7(14)9(5-6)16-12(20)15-8-3-4-10(18)17-11(8)19/h1-2,5,8H,3-4H2,(H2,15,16,20)(H,17,18,19). The molecule has 2 rings (SSSR count). The third kappa shape index (κ3) is 3.61. The molecule has 0 bridgehead atoms. The second-order valence-electron chi connectivity index (χ2n) is 4.23. The van der Waals surface area contributed by atoms with E-state index >= 15 is 0 Å². The maximum absolute atomic E-state index is 11.8. The van der Waals surface area contributed by atoms with E-state index in [0.717, 1.165) is 0 Å². The highest BCUT2D eigenvalue weighted by Crippen LogP contribution is 2.25. The summed E-state index contributed by atoms with van der Waals surface area (Å²) in [5, 5.41) is 7.87. The molecule has 6 nitrogen and oxygen atoms in total. The first kappa shape index (κ1) is 14.6. The van der Waals surface area contributed by atoms with Gasteiger partial charge in [-0.15, -0.1) is 0 Å². The molecule has 1 heterocycles. The van der Waals surface area contributed by atoms with Gasteiger partial charge in [0.2, 0.25) is 11.8 Å². The van der Waals surface area contributed by atoms with Gasteiger partial charge in [0, 0.05) is 11.4 Å². The minimum absolute atomic E-state index is 0.189. The molecule has 1 aromatic rings. The van der Waals surface area contributed by atoms with Crippen molar-refractivity contribution < 1.29 is 14.4 Å². The Labute approximate surface area is 124 Å². The number of rotatable bonds is 2. The number of urea groups is 1. The van der Waals surface area contributed by atoms with E-state index in [0.29, 0.717) is 15.7 Å². The zero-order valence-corrected chi connectivity index (χ0v) is 11.7. The number of benzene rings is 1. The summed E-state index contributed by atoms with van der Waals surface area (Å²) in [6.07, 6.45) is 0.454. The molecular formula is C12H11Cl2N3O3. The lowest BCUT2D eigenvalue weighted by Crippen LogP contribution is -2.53. The molecule has 0 aliphatic carbocycles. The van der Waals surface area contributed by atoms with E-state index < -0.39 is 18.0 Å². The molecule has 20 heavy (non-hydrogen) atoms. The Balaban J connectivity index is 1.97. The van der Waals surface area contributed by atoms with Crippen LogP contribution < -0.4 is 16.0 Å². The lowest BCUT2D eigenvalue weighted by atomic mass is 10.1. The summed E-state index contributed by atoms with van der Waals surface area (Å²) < 4.78 is 0. The van der Waals surface area contributed by atoms with Crippen LogP contribution in [0.25, 0.3) is 0 Å². The maximum atomic E-state index is 11.8. The summed E-state index contributed by atoms with van der Waals surface area (Å²) in [5.41, 5.74) is 0.337. The molecule has 4 amide bonds. The average Bonchev–Trinajstić information content (AvgIpc) is 2.37. The Morgan fingerprint density at radius 1 is 1.30 bits per heavy atom. The number of hydrogen-bond donors (Lipinski definition) is 3. The van der Waals surface area contributed by atoms with E-state index in [2.05, 4.69) is 16.0 Å². The van der Waals surface area contributed by atoms with Crippen molar-refractivity contribution in [3.63, 3.8) is 0 Å². The number of halogens is 2. The van der Waals surface area contributed by atoms with Crippen molar-refractivity contribution in [1.82, 2.24) is 10.6 Å². The zero-order valence-electron chi connectivity index (χ0n) is 10.2. The third-order valence-electron chi connectivity index (χ3n) is 2.72. The molecule has 106 valence electrons. The van der Waals surface area contributed by atoms with Crippen molar-refractivity contribution in [1.29, 1.82) is 0 Å². The van der Waals surface area contributed by atoms with Gasteiger partial charge in [0.05, 0.1) is 10.7 Å². The summed E-state index contributed by atoms with van der Waals surface area (Å²) in [6, 6.07) is 3.29. The van der Waals surface area contributed by atoms with Gasteiger partial charge >= 0.3 is 6.03 Å². The van der Waals surface area contributed by atoms with E-state index in [1.165, 1.54) is 6.07 Å². The van der Waals surface area contributed by atoms with E-state index in [4.69, 9.17) is 23.2 Å². The lowest BCUT2D eigenvalue weighted by Gasteiger charge is -2.22. The lowest BCUT2D eigenvalue weighted by molar-refractivity contribution is -0.134. The molecule has 1 saturated heterocycles. The van der Waals surface area contributed by atoms with Crippen LogP contribution in [0.4, 0.5) is 10.5 Å². The first-order valence-corrected chi connectivity index (χ1v) is 6.57. The van der Waals surface area contributed by atoms with E-state index in [9.17, 15) is 14.4 Å². The Morgan fingerprint density at radius 2 is 2.05 bits per heavy atom.